The Balaban J connectivity index is 2.69. The maximum absolute atomic E-state index is 7.53. The summed E-state index contributed by atoms with van der Waals surface area (Å²) >= 11 is 0. The molecule has 0 amide bonds. The number of amidine groups is 1. The van der Waals surface area contributed by atoms with Crippen molar-refractivity contribution in [3.05, 3.63) is 35.4 Å². The summed E-state index contributed by atoms with van der Waals surface area (Å²) < 4.78 is 0. The Morgan fingerprint density at radius 1 is 1.50 bits per heavy atom. The van der Waals surface area contributed by atoms with Gasteiger partial charge < -0.3 is 5.73 Å². The molecular formula is C13H21N3. The van der Waals surface area contributed by atoms with Crippen LogP contribution in [0.15, 0.2) is 24.3 Å². The number of nitrogens with one attached hydrogen (secondary N) is 1. The van der Waals surface area contributed by atoms with Gasteiger partial charge in [-0.3, -0.25) is 10.3 Å². The highest BCUT2D eigenvalue weighted by Crippen LogP contribution is 2.10. The molecule has 0 bridgehead atoms. The molecule has 3 nitrogen and oxygen atoms in total. The van der Waals surface area contributed by atoms with E-state index in [0.29, 0.717) is 0 Å². The number of hydrogen-bond acceptors (Lipinski definition) is 2. The van der Waals surface area contributed by atoms with E-state index in [-0.39, 0.29) is 11.9 Å². The molecule has 0 heterocycles. The lowest BCUT2D eigenvalue weighted by Gasteiger charge is -2.26. The van der Waals surface area contributed by atoms with Crippen LogP contribution in [0, 0.1) is 12.3 Å². The average Bonchev–Trinajstić information content (AvgIpc) is 2.17. The lowest BCUT2D eigenvalue weighted by molar-refractivity contribution is 0.281. The molecule has 16 heavy (non-hydrogen) atoms. The monoisotopic (exact) mass is 219 g/mol. The van der Waals surface area contributed by atoms with Crippen LogP contribution in [0.2, 0.25) is 0 Å². The summed E-state index contributed by atoms with van der Waals surface area (Å²) in [5, 5.41) is 7.53. The van der Waals surface area contributed by atoms with Crippen LogP contribution in [-0.2, 0) is 6.54 Å². The van der Waals surface area contributed by atoms with Gasteiger partial charge in [0.2, 0.25) is 0 Å². The lowest BCUT2D eigenvalue weighted by Crippen LogP contribution is -2.41. The van der Waals surface area contributed by atoms with E-state index in [2.05, 4.69) is 43.0 Å². The van der Waals surface area contributed by atoms with Crippen molar-refractivity contribution in [3.63, 3.8) is 0 Å². The highest BCUT2D eigenvalue weighted by molar-refractivity contribution is 5.82. The van der Waals surface area contributed by atoms with E-state index in [4.69, 9.17) is 11.1 Å². The Morgan fingerprint density at radius 3 is 2.69 bits per heavy atom. The van der Waals surface area contributed by atoms with E-state index in [0.717, 1.165) is 13.0 Å². The van der Waals surface area contributed by atoms with Gasteiger partial charge in [0.05, 0.1) is 6.04 Å². The molecule has 0 aliphatic heterocycles. The quantitative estimate of drug-likeness (QED) is 0.589. The fraction of sp³-hybridized carbons (Fsp3) is 0.462. The molecule has 0 spiro atoms. The Kier molecular flexibility index (Phi) is 4.50. The van der Waals surface area contributed by atoms with Gasteiger partial charge in [0.25, 0.3) is 0 Å². The summed E-state index contributed by atoms with van der Waals surface area (Å²) in [4.78, 5) is 2.12. The number of benzene rings is 1. The first-order valence-electron chi connectivity index (χ1n) is 5.64. The predicted octanol–water partition coefficient (Wildman–Crippen LogP) is 2.14. The Labute approximate surface area is 97.8 Å². The second-order valence-electron chi connectivity index (χ2n) is 4.28. The third-order valence-electron chi connectivity index (χ3n) is 2.79. The molecule has 0 saturated carbocycles. The maximum Gasteiger partial charge on any atom is 0.108 e. The molecule has 0 saturated heterocycles. The molecule has 3 N–H and O–H groups in total. The second-order valence-corrected chi connectivity index (χ2v) is 4.28. The minimum absolute atomic E-state index is 0.0421. The second kappa shape index (κ2) is 5.66. The molecule has 0 fully saturated rings. The van der Waals surface area contributed by atoms with Gasteiger partial charge >= 0.3 is 0 Å². The fourth-order valence-electron chi connectivity index (χ4n) is 1.98. The fourth-order valence-corrected chi connectivity index (χ4v) is 1.98. The molecule has 1 rings (SSSR count). The molecule has 0 aliphatic rings. The number of nitrogens with two attached hydrogens (primary N) is 1. The average molecular weight is 219 g/mol. The number of rotatable bonds is 5. The highest BCUT2D eigenvalue weighted by Gasteiger charge is 2.15. The zero-order valence-corrected chi connectivity index (χ0v) is 10.3. The standard InChI is InChI=1S/C13H21N3/c1-4-12(13(14)15)16(3)9-11-7-5-6-10(2)8-11/h5-8,12H,4,9H2,1-3H3,(H3,14,15). The van der Waals surface area contributed by atoms with Crippen molar-refractivity contribution < 1.29 is 0 Å². The first-order valence-corrected chi connectivity index (χ1v) is 5.64. The minimum Gasteiger partial charge on any atom is -0.386 e. The zero-order chi connectivity index (χ0) is 12.1. The van der Waals surface area contributed by atoms with Crippen LogP contribution in [0.3, 0.4) is 0 Å². The van der Waals surface area contributed by atoms with Gasteiger partial charge in [-0.05, 0) is 26.0 Å². The summed E-state index contributed by atoms with van der Waals surface area (Å²) in [7, 11) is 2.01. The number of nitrogens with zero attached hydrogens (tertiary/aromatic N) is 1. The van der Waals surface area contributed by atoms with Crippen LogP contribution in [0.25, 0.3) is 0 Å². The molecule has 0 aliphatic carbocycles. The van der Waals surface area contributed by atoms with Crippen LogP contribution in [0.4, 0.5) is 0 Å². The Hall–Kier alpha value is -1.35. The summed E-state index contributed by atoms with van der Waals surface area (Å²) in [6.45, 7) is 4.98. The maximum atomic E-state index is 7.53. The van der Waals surface area contributed by atoms with Crippen molar-refractivity contribution in [2.75, 3.05) is 7.05 Å². The first kappa shape index (κ1) is 12.7. The number of hydrogen-bond donors (Lipinski definition) is 2. The summed E-state index contributed by atoms with van der Waals surface area (Å²) in [5.74, 6) is 0.248. The topological polar surface area (TPSA) is 53.1 Å². The molecule has 1 aromatic rings. The van der Waals surface area contributed by atoms with Gasteiger partial charge in [-0.1, -0.05) is 36.8 Å². The van der Waals surface area contributed by atoms with Gasteiger partial charge in [-0.15, -0.1) is 0 Å². The van der Waals surface area contributed by atoms with Crippen molar-refractivity contribution >= 4 is 5.84 Å². The number of aryl methyl sites for hydroxylation is 1. The Bertz CT molecular complexity index is 360. The van der Waals surface area contributed by atoms with Crippen LogP contribution >= 0.6 is 0 Å². The summed E-state index contributed by atoms with van der Waals surface area (Å²) in [5.41, 5.74) is 8.10. The smallest absolute Gasteiger partial charge is 0.108 e. The summed E-state index contributed by atoms with van der Waals surface area (Å²) in [6.07, 6.45) is 0.873. The van der Waals surface area contributed by atoms with Crippen LogP contribution in [0.1, 0.15) is 24.5 Å². The van der Waals surface area contributed by atoms with E-state index in [9.17, 15) is 0 Å². The molecule has 1 atom stereocenters. The largest absolute Gasteiger partial charge is 0.386 e. The first-order chi connectivity index (χ1) is 7.54. The van der Waals surface area contributed by atoms with Crippen molar-refractivity contribution in [1.29, 1.82) is 5.41 Å². The normalized spacial score (nSPS) is 12.8. The molecule has 1 aromatic carbocycles. The minimum atomic E-state index is 0.0421. The lowest BCUT2D eigenvalue weighted by atomic mass is 10.1. The van der Waals surface area contributed by atoms with Gasteiger partial charge in [-0.2, -0.15) is 0 Å². The van der Waals surface area contributed by atoms with Crippen molar-refractivity contribution in [1.82, 2.24) is 4.90 Å². The van der Waals surface area contributed by atoms with Gasteiger partial charge in [0.15, 0.2) is 0 Å². The molecule has 0 radical (unpaired) electrons. The van der Waals surface area contributed by atoms with Crippen molar-refractivity contribution in [2.45, 2.75) is 32.9 Å². The van der Waals surface area contributed by atoms with Crippen molar-refractivity contribution in [2.24, 2.45) is 5.73 Å². The van der Waals surface area contributed by atoms with Gasteiger partial charge in [0, 0.05) is 6.54 Å². The van der Waals surface area contributed by atoms with Crippen LogP contribution < -0.4 is 5.73 Å². The van der Waals surface area contributed by atoms with Gasteiger partial charge in [-0.25, -0.2) is 0 Å². The summed E-state index contributed by atoms with van der Waals surface area (Å²) in [6, 6.07) is 8.47. The molecular weight excluding hydrogens is 198 g/mol. The molecule has 0 aromatic heterocycles. The molecule has 1 unspecified atom stereocenters. The van der Waals surface area contributed by atoms with E-state index in [1.54, 1.807) is 0 Å². The highest BCUT2D eigenvalue weighted by atomic mass is 15.1. The molecule has 88 valence electrons. The third-order valence-corrected chi connectivity index (χ3v) is 2.79. The van der Waals surface area contributed by atoms with E-state index in [1.165, 1.54) is 11.1 Å². The zero-order valence-electron chi connectivity index (χ0n) is 10.3. The van der Waals surface area contributed by atoms with Gasteiger partial charge in [0.1, 0.15) is 5.84 Å². The van der Waals surface area contributed by atoms with E-state index in [1.807, 2.05) is 7.05 Å². The third kappa shape index (κ3) is 3.35. The van der Waals surface area contributed by atoms with E-state index < -0.39 is 0 Å². The van der Waals surface area contributed by atoms with Crippen LogP contribution in [0.5, 0.6) is 0 Å². The predicted molar refractivity (Wildman–Crippen MR) is 68.6 cm³/mol. The van der Waals surface area contributed by atoms with Crippen molar-refractivity contribution in [3.8, 4) is 0 Å². The Morgan fingerprint density at radius 2 is 2.19 bits per heavy atom. The molecule has 3 heteroatoms. The SMILES string of the molecule is CCC(C(=N)N)N(C)Cc1cccc(C)c1. The number of likely N-dealkylation sites (N-methyl/N-ethyl adjacent to an activating group) is 1. The van der Waals surface area contributed by atoms with E-state index >= 15 is 0 Å². The van der Waals surface area contributed by atoms with Crippen LogP contribution in [-0.4, -0.2) is 23.8 Å².